The molecule has 4 nitrogen and oxygen atoms in total. The topological polar surface area (TPSA) is 54.9 Å². The maximum atomic E-state index is 13.1. The van der Waals surface area contributed by atoms with Gasteiger partial charge in [-0.25, -0.2) is 9.37 Å². The molecule has 0 aliphatic heterocycles. The zero-order valence-corrected chi connectivity index (χ0v) is 14.3. The summed E-state index contributed by atoms with van der Waals surface area (Å²) in [6.45, 7) is 1.87. The van der Waals surface area contributed by atoms with E-state index in [0.717, 1.165) is 21.1 Å². The number of benzene rings is 1. The summed E-state index contributed by atoms with van der Waals surface area (Å²) in [7, 11) is 0. The number of halogens is 2. The van der Waals surface area contributed by atoms with Crippen LogP contribution in [0.4, 0.5) is 10.1 Å². The molecule has 0 saturated heterocycles. The van der Waals surface area contributed by atoms with Gasteiger partial charge in [0.2, 0.25) is 5.91 Å². The van der Waals surface area contributed by atoms with Crippen LogP contribution in [-0.2, 0) is 11.2 Å². The predicted octanol–water partition coefficient (Wildman–Crippen LogP) is 4.49. The third-order valence-electron chi connectivity index (χ3n) is 3.33. The van der Waals surface area contributed by atoms with Crippen LogP contribution in [0.1, 0.15) is 10.6 Å². The Kier molecular flexibility index (Phi) is 4.87. The lowest BCUT2D eigenvalue weighted by Crippen LogP contribution is -2.14. The van der Waals surface area contributed by atoms with E-state index in [9.17, 15) is 9.18 Å². The van der Waals surface area contributed by atoms with Crippen molar-refractivity contribution in [2.45, 2.75) is 13.3 Å². The van der Waals surface area contributed by atoms with E-state index in [-0.39, 0.29) is 17.4 Å². The van der Waals surface area contributed by atoms with Gasteiger partial charge < -0.3 is 5.32 Å². The van der Waals surface area contributed by atoms with Crippen molar-refractivity contribution in [3.63, 3.8) is 0 Å². The number of rotatable bonds is 4. The second-order valence-corrected chi connectivity index (χ2v) is 6.61. The summed E-state index contributed by atoms with van der Waals surface area (Å²) in [4.78, 5) is 21.6. The molecule has 122 valence electrons. The maximum absolute atomic E-state index is 13.1. The highest BCUT2D eigenvalue weighted by Gasteiger charge is 2.13. The number of pyridine rings is 1. The van der Waals surface area contributed by atoms with Gasteiger partial charge in [0, 0.05) is 28.5 Å². The number of hydrogen-bond acceptors (Lipinski definition) is 4. The molecule has 0 radical (unpaired) electrons. The van der Waals surface area contributed by atoms with Crippen LogP contribution in [0.5, 0.6) is 0 Å². The van der Waals surface area contributed by atoms with Gasteiger partial charge in [-0.05, 0) is 37.3 Å². The van der Waals surface area contributed by atoms with Crippen LogP contribution in [0, 0.1) is 12.7 Å². The van der Waals surface area contributed by atoms with Crippen LogP contribution in [0.15, 0.2) is 42.7 Å². The van der Waals surface area contributed by atoms with E-state index in [1.807, 2.05) is 19.1 Å². The number of carbonyl (C=O) groups excluding carboxylic acids is 1. The standard InChI is InChI=1S/C17H13ClFN3OS/c1-10-15(24-17(21-10)11-3-2-6-20-9-11)8-16(23)22-12-4-5-14(19)13(18)7-12/h2-7,9H,8H2,1H3,(H,22,23). The number of aryl methyl sites for hydroxylation is 1. The Morgan fingerprint density at radius 2 is 2.21 bits per heavy atom. The Balaban J connectivity index is 1.72. The molecule has 2 aromatic heterocycles. The molecule has 1 aromatic carbocycles. The van der Waals surface area contributed by atoms with Crippen LogP contribution in [-0.4, -0.2) is 15.9 Å². The molecule has 0 aliphatic carbocycles. The van der Waals surface area contributed by atoms with E-state index in [0.29, 0.717) is 5.69 Å². The summed E-state index contributed by atoms with van der Waals surface area (Å²) in [6, 6.07) is 7.85. The van der Waals surface area contributed by atoms with Crippen LogP contribution in [0.2, 0.25) is 5.02 Å². The second-order valence-electron chi connectivity index (χ2n) is 5.12. The molecule has 3 aromatic rings. The minimum atomic E-state index is -0.519. The van der Waals surface area contributed by atoms with E-state index in [1.54, 1.807) is 12.4 Å². The fourth-order valence-electron chi connectivity index (χ4n) is 2.13. The fraction of sp³-hybridized carbons (Fsp3) is 0.118. The molecule has 3 rings (SSSR count). The summed E-state index contributed by atoms with van der Waals surface area (Å²) in [5.41, 5.74) is 2.19. The number of nitrogens with zero attached hydrogens (tertiary/aromatic N) is 2. The van der Waals surface area contributed by atoms with Crippen molar-refractivity contribution < 1.29 is 9.18 Å². The van der Waals surface area contributed by atoms with Gasteiger partial charge in [0.05, 0.1) is 17.1 Å². The summed E-state index contributed by atoms with van der Waals surface area (Å²) >= 11 is 7.17. The monoisotopic (exact) mass is 361 g/mol. The van der Waals surface area contributed by atoms with Crippen molar-refractivity contribution >= 4 is 34.5 Å². The van der Waals surface area contributed by atoms with E-state index in [2.05, 4.69) is 15.3 Å². The Bertz CT molecular complexity index is 883. The van der Waals surface area contributed by atoms with E-state index >= 15 is 0 Å². The first-order valence-electron chi connectivity index (χ1n) is 7.14. The minimum Gasteiger partial charge on any atom is -0.326 e. The quantitative estimate of drug-likeness (QED) is 0.745. The van der Waals surface area contributed by atoms with Crippen molar-refractivity contribution in [2.75, 3.05) is 5.32 Å². The molecule has 0 atom stereocenters. The van der Waals surface area contributed by atoms with Crippen LogP contribution in [0.3, 0.4) is 0 Å². The summed E-state index contributed by atoms with van der Waals surface area (Å²) in [5, 5.41) is 3.51. The SMILES string of the molecule is Cc1nc(-c2cccnc2)sc1CC(=O)Nc1ccc(F)c(Cl)c1. The van der Waals surface area contributed by atoms with Gasteiger partial charge in [0.15, 0.2) is 0 Å². The maximum Gasteiger partial charge on any atom is 0.229 e. The average Bonchev–Trinajstić information content (AvgIpc) is 2.93. The lowest BCUT2D eigenvalue weighted by atomic mass is 10.2. The van der Waals surface area contributed by atoms with Crippen molar-refractivity contribution in [1.29, 1.82) is 0 Å². The smallest absolute Gasteiger partial charge is 0.229 e. The highest BCUT2D eigenvalue weighted by molar-refractivity contribution is 7.15. The zero-order valence-electron chi connectivity index (χ0n) is 12.7. The molecule has 2 heterocycles. The van der Waals surface area contributed by atoms with E-state index < -0.39 is 5.82 Å². The number of aromatic nitrogens is 2. The second kappa shape index (κ2) is 7.07. The van der Waals surface area contributed by atoms with Crippen molar-refractivity contribution in [3.05, 3.63) is 64.1 Å². The van der Waals surface area contributed by atoms with Gasteiger partial charge in [-0.3, -0.25) is 9.78 Å². The Labute approximate surface area is 147 Å². The van der Waals surface area contributed by atoms with Crippen molar-refractivity contribution in [2.24, 2.45) is 0 Å². The molecule has 1 amide bonds. The number of nitrogens with one attached hydrogen (secondary N) is 1. The van der Waals surface area contributed by atoms with Gasteiger partial charge in [0.25, 0.3) is 0 Å². The number of thiazole rings is 1. The molecule has 7 heteroatoms. The van der Waals surface area contributed by atoms with Crippen LogP contribution in [0.25, 0.3) is 10.6 Å². The van der Waals surface area contributed by atoms with E-state index in [4.69, 9.17) is 11.6 Å². The summed E-state index contributed by atoms with van der Waals surface area (Å²) in [6.07, 6.45) is 3.63. The molecule has 0 spiro atoms. The first kappa shape index (κ1) is 16.5. The fourth-order valence-corrected chi connectivity index (χ4v) is 3.36. The highest BCUT2D eigenvalue weighted by atomic mass is 35.5. The number of anilines is 1. The largest absolute Gasteiger partial charge is 0.326 e. The van der Waals surface area contributed by atoms with Crippen LogP contribution >= 0.6 is 22.9 Å². The highest BCUT2D eigenvalue weighted by Crippen LogP contribution is 2.28. The van der Waals surface area contributed by atoms with Crippen molar-refractivity contribution in [1.82, 2.24) is 9.97 Å². The van der Waals surface area contributed by atoms with Crippen molar-refractivity contribution in [3.8, 4) is 10.6 Å². The lowest BCUT2D eigenvalue weighted by molar-refractivity contribution is -0.115. The normalized spacial score (nSPS) is 10.6. The Morgan fingerprint density at radius 1 is 1.38 bits per heavy atom. The summed E-state index contributed by atoms with van der Waals surface area (Å²) < 4.78 is 13.1. The third kappa shape index (κ3) is 3.77. The lowest BCUT2D eigenvalue weighted by Gasteiger charge is -2.05. The van der Waals surface area contributed by atoms with Crippen LogP contribution < -0.4 is 5.32 Å². The zero-order chi connectivity index (χ0) is 17.1. The molecule has 0 fully saturated rings. The molecular formula is C17H13ClFN3OS. The summed E-state index contributed by atoms with van der Waals surface area (Å²) in [5.74, 6) is -0.726. The van der Waals surface area contributed by atoms with Gasteiger partial charge in [-0.15, -0.1) is 11.3 Å². The Morgan fingerprint density at radius 3 is 2.92 bits per heavy atom. The van der Waals surface area contributed by atoms with Gasteiger partial charge in [0.1, 0.15) is 10.8 Å². The first-order chi connectivity index (χ1) is 11.5. The molecule has 0 saturated carbocycles. The molecule has 0 bridgehead atoms. The number of amides is 1. The third-order valence-corrected chi connectivity index (χ3v) is 4.82. The molecule has 1 N–H and O–H groups in total. The number of hydrogen-bond donors (Lipinski definition) is 1. The average molecular weight is 362 g/mol. The minimum absolute atomic E-state index is 0.0272. The molecule has 0 aliphatic rings. The molecular weight excluding hydrogens is 349 g/mol. The van der Waals surface area contributed by atoms with Gasteiger partial charge >= 0.3 is 0 Å². The number of carbonyl (C=O) groups is 1. The van der Waals surface area contributed by atoms with E-state index in [1.165, 1.54) is 29.5 Å². The Hall–Kier alpha value is -2.31. The molecule has 24 heavy (non-hydrogen) atoms. The van der Waals surface area contributed by atoms with Gasteiger partial charge in [-0.1, -0.05) is 11.6 Å². The predicted molar refractivity (Wildman–Crippen MR) is 93.8 cm³/mol. The molecule has 0 unspecified atom stereocenters. The van der Waals surface area contributed by atoms with Gasteiger partial charge in [-0.2, -0.15) is 0 Å². The first-order valence-corrected chi connectivity index (χ1v) is 8.34.